The van der Waals surface area contributed by atoms with Crippen LogP contribution in [0.3, 0.4) is 0 Å². The summed E-state index contributed by atoms with van der Waals surface area (Å²) in [4.78, 5) is 30.3. The van der Waals surface area contributed by atoms with Crippen LogP contribution in [0.25, 0.3) is 0 Å². The number of ether oxygens (including phenoxy) is 3. The van der Waals surface area contributed by atoms with Gasteiger partial charge in [-0.2, -0.15) is 0 Å². The second-order valence-corrected chi connectivity index (χ2v) is 7.84. The molecule has 0 saturated heterocycles. The van der Waals surface area contributed by atoms with Gasteiger partial charge >= 0.3 is 12.1 Å². The first kappa shape index (κ1) is 24.1. The highest BCUT2D eigenvalue weighted by Crippen LogP contribution is 2.27. The third-order valence-corrected chi connectivity index (χ3v) is 4.97. The highest BCUT2D eigenvalue weighted by molar-refractivity contribution is 5.83. The molecule has 1 aliphatic rings. The van der Waals surface area contributed by atoms with Gasteiger partial charge in [0.2, 0.25) is 5.60 Å². The van der Waals surface area contributed by atoms with Crippen molar-refractivity contribution in [3.8, 4) is 5.75 Å². The predicted octanol–water partition coefficient (Wildman–Crippen LogP) is 3.74. The molecule has 0 aliphatic carbocycles. The number of alkyl carbamates (subject to hydrolysis) is 1. The largest absolute Gasteiger partial charge is 0.489 e. The summed E-state index contributed by atoms with van der Waals surface area (Å²) in [5.41, 5.74) is 3.08. The minimum absolute atomic E-state index is 0.0369. The second kappa shape index (κ2) is 11.9. The van der Waals surface area contributed by atoms with Crippen molar-refractivity contribution in [2.24, 2.45) is 5.92 Å². The Morgan fingerprint density at radius 1 is 1.06 bits per heavy atom. The van der Waals surface area contributed by atoms with Crippen LogP contribution in [0.4, 0.5) is 4.79 Å². The van der Waals surface area contributed by atoms with E-state index in [9.17, 15) is 9.59 Å². The fourth-order valence-electron chi connectivity index (χ4n) is 3.27. The van der Waals surface area contributed by atoms with E-state index in [0.29, 0.717) is 24.4 Å². The van der Waals surface area contributed by atoms with Gasteiger partial charge < -0.3 is 19.5 Å². The molecule has 33 heavy (non-hydrogen) atoms. The van der Waals surface area contributed by atoms with Gasteiger partial charge in [-0.25, -0.2) is 14.4 Å². The highest BCUT2D eigenvalue weighted by Gasteiger charge is 2.45. The first-order valence-corrected chi connectivity index (χ1v) is 11.0. The van der Waals surface area contributed by atoms with Gasteiger partial charge in [-0.15, -0.1) is 0 Å². The predicted molar refractivity (Wildman–Crippen MR) is 122 cm³/mol. The van der Waals surface area contributed by atoms with Crippen LogP contribution in [-0.4, -0.2) is 37.4 Å². The molecular weight excluding hydrogens is 424 g/mol. The molecule has 2 unspecified atom stereocenters. The molecule has 0 bridgehead atoms. The van der Waals surface area contributed by atoms with Gasteiger partial charge in [0.1, 0.15) is 19.0 Å². The minimum atomic E-state index is -1.39. The summed E-state index contributed by atoms with van der Waals surface area (Å²) in [5, 5.41) is 2.76. The van der Waals surface area contributed by atoms with Crippen molar-refractivity contribution in [1.29, 1.82) is 0 Å². The number of hydroxylamine groups is 1. The standard InChI is InChI=1S/C25H30N2O6/c1-3-30-23(28)25(18-32-22-12-8-5-9-13-22)15-21(27-33-25)14-19(2)16-26-24(29)31-17-20-10-6-4-7-11-20/h4-13,15,19,27H,3,14,16-18H2,1-2H3,(H,26,29). The highest BCUT2D eigenvalue weighted by atomic mass is 16.7. The first-order chi connectivity index (χ1) is 16.0. The van der Waals surface area contributed by atoms with Crippen molar-refractivity contribution in [3.05, 3.63) is 78.0 Å². The summed E-state index contributed by atoms with van der Waals surface area (Å²) in [7, 11) is 0. The fourth-order valence-corrected chi connectivity index (χ4v) is 3.27. The van der Waals surface area contributed by atoms with Crippen LogP contribution in [0, 0.1) is 5.92 Å². The van der Waals surface area contributed by atoms with E-state index >= 15 is 0 Å². The smallest absolute Gasteiger partial charge is 0.407 e. The maximum atomic E-state index is 12.6. The van der Waals surface area contributed by atoms with Crippen LogP contribution in [0.1, 0.15) is 25.8 Å². The number of carbonyl (C=O) groups excluding carboxylic acids is 2. The molecule has 2 N–H and O–H groups in total. The van der Waals surface area contributed by atoms with Gasteiger partial charge in [0, 0.05) is 12.2 Å². The zero-order valence-electron chi connectivity index (χ0n) is 18.9. The van der Waals surface area contributed by atoms with Crippen molar-refractivity contribution >= 4 is 12.1 Å². The number of rotatable bonds is 11. The van der Waals surface area contributed by atoms with Crippen molar-refractivity contribution in [2.75, 3.05) is 19.8 Å². The number of hydrogen-bond donors (Lipinski definition) is 2. The topological polar surface area (TPSA) is 95.1 Å². The lowest BCUT2D eigenvalue weighted by molar-refractivity contribution is -0.172. The number of benzene rings is 2. The van der Waals surface area contributed by atoms with E-state index in [1.807, 2.05) is 55.5 Å². The van der Waals surface area contributed by atoms with Crippen molar-refractivity contribution in [1.82, 2.24) is 10.8 Å². The van der Waals surface area contributed by atoms with E-state index < -0.39 is 17.7 Å². The van der Waals surface area contributed by atoms with Crippen LogP contribution >= 0.6 is 0 Å². The molecule has 0 saturated carbocycles. The molecule has 2 aromatic carbocycles. The van der Waals surface area contributed by atoms with Crippen LogP contribution in [0.2, 0.25) is 0 Å². The Bertz CT molecular complexity index is 934. The van der Waals surface area contributed by atoms with E-state index in [4.69, 9.17) is 19.0 Å². The monoisotopic (exact) mass is 454 g/mol. The number of esters is 1. The van der Waals surface area contributed by atoms with Crippen LogP contribution < -0.4 is 15.5 Å². The number of nitrogens with one attached hydrogen (secondary N) is 2. The number of para-hydroxylation sites is 1. The average molecular weight is 455 g/mol. The summed E-state index contributed by atoms with van der Waals surface area (Å²) in [6, 6.07) is 18.7. The summed E-state index contributed by atoms with van der Waals surface area (Å²) >= 11 is 0. The molecule has 3 rings (SSSR count). The summed E-state index contributed by atoms with van der Waals surface area (Å²) in [6.45, 7) is 4.52. The molecule has 1 heterocycles. The first-order valence-electron chi connectivity index (χ1n) is 11.0. The number of allylic oxidation sites excluding steroid dienone is 1. The van der Waals surface area contributed by atoms with Gasteiger partial charge in [0.05, 0.1) is 6.61 Å². The van der Waals surface area contributed by atoms with E-state index in [0.717, 1.165) is 5.56 Å². The third kappa shape index (κ3) is 7.25. The Balaban J connectivity index is 1.51. The lowest BCUT2D eigenvalue weighted by Gasteiger charge is -2.23. The molecule has 2 aromatic rings. The molecule has 8 nitrogen and oxygen atoms in total. The molecule has 0 aromatic heterocycles. The maximum Gasteiger partial charge on any atom is 0.407 e. The normalized spacial score (nSPS) is 17.9. The van der Waals surface area contributed by atoms with Gasteiger partial charge in [-0.3, -0.25) is 5.48 Å². The van der Waals surface area contributed by atoms with Crippen LogP contribution in [-0.2, 0) is 25.7 Å². The van der Waals surface area contributed by atoms with E-state index in [-0.39, 0.29) is 25.7 Å². The van der Waals surface area contributed by atoms with E-state index in [1.165, 1.54) is 0 Å². The molecule has 0 fully saturated rings. The Morgan fingerprint density at radius 2 is 1.76 bits per heavy atom. The Morgan fingerprint density at radius 3 is 2.45 bits per heavy atom. The van der Waals surface area contributed by atoms with Gasteiger partial charge in [-0.1, -0.05) is 55.5 Å². The molecule has 2 atom stereocenters. The quantitative estimate of drug-likeness (QED) is 0.500. The lowest BCUT2D eigenvalue weighted by Crippen LogP contribution is -2.45. The fraction of sp³-hybridized carbons (Fsp3) is 0.360. The average Bonchev–Trinajstić information content (AvgIpc) is 3.25. The Hall–Kier alpha value is -3.52. The SMILES string of the molecule is CCOC(=O)C1(COc2ccccc2)C=C(CC(C)CNC(=O)OCc2ccccc2)NO1. The zero-order valence-corrected chi connectivity index (χ0v) is 18.9. The molecular formula is C25H30N2O6. The van der Waals surface area contributed by atoms with E-state index in [2.05, 4.69) is 10.8 Å². The number of carbonyl (C=O) groups is 2. The minimum Gasteiger partial charge on any atom is -0.489 e. The molecule has 0 spiro atoms. The molecule has 0 radical (unpaired) electrons. The Kier molecular flexibility index (Phi) is 8.71. The summed E-state index contributed by atoms with van der Waals surface area (Å²) < 4.78 is 16.2. The lowest BCUT2D eigenvalue weighted by atomic mass is 10.0. The molecule has 8 heteroatoms. The zero-order chi connectivity index (χ0) is 23.5. The number of amides is 1. The van der Waals surface area contributed by atoms with Gasteiger partial charge in [0.25, 0.3) is 0 Å². The van der Waals surface area contributed by atoms with Crippen LogP contribution in [0.5, 0.6) is 5.75 Å². The van der Waals surface area contributed by atoms with Crippen molar-refractivity contribution in [2.45, 2.75) is 32.5 Å². The molecule has 1 aliphatic heterocycles. The maximum absolute atomic E-state index is 12.6. The molecule has 1 amide bonds. The van der Waals surface area contributed by atoms with E-state index in [1.54, 1.807) is 25.1 Å². The van der Waals surface area contributed by atoms with Gasteiger partial charge in [-0.05, 0) is 43.0 Å². The van der Waals surface area contributed by atoms with Gasteiger partial charge in [0.15, 0.2) is 0 Å². The number of hydrogen-bond acceptors (Lipinski definition) is 7. The summed E-state index contributed by atoms with van der Waals surface area (Å²) in [6.07, 6.45) is 1.76. The van der Waals surface area contributed by atoms with Crippen molar-refractivity contribution < 1.29 is 28.6 Å². The molecule has 176 valence electrons. The summed E-state index contributed by atoms with van der Waals surface area (Å²) in [5.74, 6) is 0.154. The Labute approximate surface area is 193 Å². The van der Waals surface area contributed by atoms with Crippen LogP contribution in [0.15, 0.2) is 72.4 Å². The van der Waals surface area contributed by atoms with Crippen molar-refractivity contribution in [3.63, 3.8) is 0 Å². The third-order valence-electron chi connectivity index (χ3n) is 4.97. The second-order valence-electron chi connectivity index (χ2n) is 7.84.